The highest BCUT2D eigenvalue weighted by Gasteiger charge is 2.36. The Kier molecular flexibility index (Phi) is 3.08. The molecule has 0 radical (unpaired) electrons. The third-order valence-corrected chi connectivity index (χ3v) is 2.00. The van der Waals surface area contributed by atoms with Crippen molar-refractivity contribution in [1.82, 2.24) is 0 Å². The largest absolute Gasteiger partial charge is 0.518 e. The van der Waals surface area contributed by atoms with Crippen molar-refractivity contribution in [2.45, 2.75) is 31.3 Å². The van der Waals surface area contributed by atoms with Crippen molar-refractivity contribution in [3.8, 4) is 0 Å². The summed E-state index contributed by atoms with van der Waals surface area (Å²) in [4.78, 5) is 10.3. The Morgan fingerprint density at radius 1 is 1.67 bits per heavy atom. The minimum absolute atomic E-state index is 0.0379. The minimum Gasteiger partial charge on any atom is -0.481 e. The van der Waals surface area contributed by atoms with Crippen LogP contribution >= 0.6 is 0 Å². The lowest BCUT2D eigenvalue weighted by atomic mass is 9.73. The molecule has 0 saturated carbocycles. The first-order chi connectivity index (χ1) is 5.59. The highest BCUT2D eigenvalue weighted by Crippen LogP contribution is 2.16. The molecular formula is C6H13BNO4+. The van der Waals surface area contributed by atoms with E-state index in [0.29, 0.717) is 6.42 Å². The lowest BCUT2D eigenvalue weighted by Gasteiger charge is -2.25. The first-order valence-electron chi connectivity index (χ1n) is 3.98. The monoisotopic (exact) mass is 174 g/mol. The van der Waals surface area contributed by atoms with Crippen molar-refractivity contribution in [2.24, 2.45) is 0 Å². The van der Waals surface area contributed by atoms with Crippen LogP contribution in [0, 0.1) is 0 Å². The molecule has 0 spiro atoms. The zero-order chi connectivity index (χ0) is 9.14. The zero-order valence-corrected chi connectivity index (χ0v) is 6.77. The van der Waals surface area contributed by atoms with Gasteiger partial charge < -0.3 is 20.5 Å². The normalized spacial score (nSPS) is 30.3. The van der Waals surface area contributed by atoms with Crippen molar-refractivity contribution >= 4 is 13.1 Å². The molecule has 0 aromatic heterocycles. The van der Waals surface area contributed by atoms with Crippen LogP contribution in [-0.4, -0.2) is 35.3 Å². The van der Waals surface area contributed by atoms with Crippen LogP contribution < -0.4 is 5.73 Å². The van der Waals surface area contributed by atoms with Gasteiger partial charge in [0.05, 0.1) is 12.5 Å². The number of carboxylic acids is 1. The van der Waals surface area contributed by atoms with E-state index in [4.69, 9.17) is 9.76 Å². The quantitative estimate of drug-likeness (QED) is 0.433. The van der Waals surface area contributed by atoms with Gasteiger partial charge >= 0.3 is 13.1 Å². The maximum absolute atomic E-state index is 10.3. The average Bonchev–Trinajstić information content (AvgIpc) is 1.96. The minimum atomic E-state index is -0.900. The number of hydrogen-bond donors (Lipinski definition) is 3. The fourth-order valence-electron chi connectivity index (χ4n) is 1.26. The van der Waals surface area contributed by atoms with Gasteiger partial charge in [-0.05, 0) is 12.8 Å². The van der Waals surface area contributed by atoms with Crippen LogP contribution in [0.2, 0.25) is 0 Å². The maximum atomic E-state index is 10.3. The fraction of sp³-hybridized carbons (Fsp3) is 0.833. The Morgan fingerprint density at radius 3 is 2.83 bits per heavy atom. The van der Waals surface area contributed by atoms with E-state index in [9.17, 15) is 9.82 Å². The van der Waals surface area contributed by atoms with E-state index in [1.807, 2.05) is 0 Å². The summed E-state index contributed by atoms with van der Waals surface area (Å²) in [5.74, 6) is -1.02. The summed E-state index contributed by atoms with van der Waals surface area (Å²) >= 11 is 0. The molecule has 12 heavy (non-hydrogen) atoms. The predicted octanol–water partition coefficient (Wildman–Crippen LogP) is -1.73. The number of aliphatic carboxylic acids is 1. The molecule has 2 atom stereocenters. The molecule has 1 aliphatic rings. The van der Waals surface area contributed by atoms with Crippen molar-refractivity contribution in [3.05, 3.63) is 0 Å². The van der Waals surface area contributed by atoms with Crippen molar-refractivity contribution < 1.29 is 25.3 Å². The molecule has 0 aliphatic carbocycles. The zero-order valence-electron chi connectivity index (χ0n) is 6.77. The molecule has 1 saturated heterocycles. The molecular weight excluding hydrogens is 161 g/mol. The highest BCUT2D eigenvalue weighted by atomic mass is 16.5. The molecule has 0 aromatic carbocycles. The van der Waals surface area contributed by atoms with Gasteiger partial charge in [-0.2, -0.15) is 0 Å². The molecule has 0 amide bonds. The molecule has 68 valence electrons. The second kappa shape index (κ2) is 3.89. The van der Waals surface area contributed by atoms with Gasteiger partial charge in [0.1, 0.15) is 5.94 Å². The number of rotatable bonds is 2. The fourth-order valence-corrected chi connectivity index (χ4v) is 1.26. The number of carbonyl (C=O) groups is 1. The summed E-state index contributed by atoms with van der Waals surface area (Å²) < 4.78 is 5.02. The van der Waals surface area contributed by atoms with Crippen LogP contribution in [0.3, 0.4) is 0 Å². The Morgan fingerprint density at radius 2 is 2.33 bits per heavy atom. The first kappa shape index (κ1) is 9.50. The van der Waals surface area contributed by atoms with Gasteiger partial charge in [-0.15, -0.1) is 0 Å². The van der Waals surface area contributed by atoms with Crippen LogP contribution in [0.5, 0.6) is 0 Å². The van der Waals surface area contributed by atoms with E-state index in [-0.39, 0.29) is 18.5 Å². The predicted molar refractivity (Wildman–Crippen MR) is 41.0 cm³/mol. The topological polar surface area (TPSA) is 94.4 Å². The van der Waals surface area contributed by atoms with Crippen LogP contribution in [-0.2, 0) is 9.45 Å². The Balaban J connectivity index is 2.35. The Bertz CT molecular complexity index is 177. The van der Waals surface area contributed by atoms with Gasteiger partial charge in [-0.3, -0.25) is 4.79 Å². The molecule has 0 aromatic rings. The third-order valence-electron chi connectivity index (χ3n) is 2.00. The summed E-state index contributed by atoms with van der Waals surface area (Å²) in [6, 6.07) is 0. The molecule has 5 N–H and O–H groups in total. The van der Waals surface area contributed by atoms with Gasteiger partial charge in [-0.1, -0.05) is 0 Å². The molecule has 5 nitrogen and oxygen atoms in total. The molecule has 1 unspecified atom stereocenters. The van der Waals surface area contributed by atoms with Crippen LogP contribution in [0.4, 0.5) is 0 Å². The average molecular weight is 174 g/mol. The van der Waals surface area contributed by atoms with E-state index in [1.54, 1.807) is 0 Å². The molecule has 0 bridgehead atoms. The molecule has 1 heterocycles. The second-order valence-electron chi connectivity index (χ2n) is 3.08. The third kappa shape index (κ3) is 2.47. The van der Waals surface area contributed by atoms with Crippen molar-refractivity contribution in [3.63, 3.8) is 0 Å². The Hall–Kier alpha value is -0.585. The van der Waals surface area contributed by atoms with Gasteiger partial charge in [-0.25, -0.2) is 0 Å². The maximum Gasteiger partial charge on any atom is 0.518 e. The van der Waals surface area contributed by atoms with Crippen LogP contribution in [0.25, 0.3) is 0 Å². The van der Waals surface area contributed by atoms with Gasteiger partial charge in [0.25, 0.3) is 0 Å². The van der Waals surface area contributed by atoms with E-state index in [0.717, 1.165) is 6.42 Å². The van der Waals surface area contributed by atoms with Crippen LogP contribution in [0.15, 0.2) is 0 Å². The highest BCUT2D eigenvalue weighted by molar-refractivity contribution is 6.44. The molecule has 1 rings (SSSR count). The van der Waals surface area contributed by atoms with E-state index in [1.165, 1.54) is 0 Å². The van der Waals surface area contributed by atoms with Crippen molar-refractivity contribution in [1.29, 1.82) is 0 Å². The Labute approximate surface area is 70.7 Å². The standard InChI is InChI=1S/C6H12BNO4/c8-5-2-1-4(3-6(9)10)12-7(5)11/h4-5,11H,1-3,8H2,(H,9,10)/p+1/t4?,5-/m0/s1. The SMILES string of the molecule is [NH3+][C@H]1CCC(CC(=O)O)OB1O. The second-order valence-corrected chi connectivity index (χ2v) is 3.08. The van der Waals surface area contributed by atoms with Gasteiger partial charge in [0.2, 0.25) is 0 Å². The lowest BCUT2D eigenvalue weighted by Crippen LogP contribution is -2.71. The van der Waals surface area contributed by atoms with E-state index < -0.39 is 13.1 Å². The number of carboxylic acid groups (broad SMARTS) is 1. The smallest absolute Gasteiger partial charge is 0.481 e. The van der Waals surface area contributed by atoms with Crippen molar-refractivity contribution in [2.75, 3.05) is 0 Å². The summed E-state index contributed by atoms with van der Waals surface area (Å²) in [7, 11) is -0.900. The van der Waals surface area contributed by atoms with Gasteiger partial charge in [0.15, 0.2) is 0 Å². The summed E-state index contributed by atoms with van der Waals surface area (Å²) in [6.07, 6.45) is 0.996. The van der Waals surface area contributed by atoms with E-state index in [2.05, 4.69) is 5.73 Å². The molecule has 1 fully saturated rings. The summed E-state index contributed by atoms with van der Waals surface area (Å²) in [5.41, 5.74) is 3.67. The first-order valence-corrected chi connectivity index (χ1v) is 3.98. The van der Waals surface area contributed by atoms with Crippen LogP contribution in [0.1, 0.15) is 19.3 Å². The summed E-state index contributed by atoms with van der Waals surface area (Å²) in [6.45, 7) is 0. The van der Waals surface area contributed by atoms with Gasteiger partial charge in [0, 0.05) is 0 Å². The summed E-state index contributed by atoms with van der Waals surface area (Å²) in [5, 5.41) is 17.6. The molecule has 6 heteroatoms. The molecule has 1 aliphatic heterocycles. The lowest BCUT2D eigenvalue weighted by molar-refractivity contribution is -0.403. The number of quaternary nitrogens is 1. The van der Waals surface area contributed by atoms with E-state index >= 15 is 0 Å². The number of hydrogen-bond acceptors (Lipinski definition) is 3.